The highest BCUT2D eigenvalue weighted by Crippen LogP contribution is 2.36. The molecule has 0 saturated heterocycles. The lowest BCUT2D eigenvalue weighted by Crippen LogP contribution is -2.01. The van der Waals surface area contributed by atoms with E-state index in [1.165, 1.54) is 24.8 Å². The van der Waals surface area contributed by atoms with Crippen molar-refractivity contribution in [2.45, 2.75) is 45.6 Å². The second-order valence-corrected chi connectivity index (χ2v) is 5.88. The minimum absolute atomic E-state index is 0.488. The average Bonchev–Trinajstić information content (AvgIpc) is 3.07. The van der Waals surface area contributed by atoms with Crippen molar-refractivity contribution in [2.24, 2.45) is 5.92 Å². The number of benzene rings is 1. The molecule has 0 spiro atoms. The van der Waals surface area contributed by atoms with E-state index in [1.807, 2.05) is 0 Å². The number of rotatable bonds is 4. The molecule has 2 atom stereocenters. The van der Waals surface area contributed by atoms with Crippen LogP contribution in [0.4, 0.5) is 5.69 Å². The summed E-state index contributed by atoms with van der Waals surface area (Å²) in [5.74, 6) is 2.82. The van der Waals surface area contributed by atoms with E-state index in [1.54, 1.807) is 0 Å². The molecular formula is C16H21N3O. The van der Waals surface area contributed by atoms with Gasteiger partial charge >= 0.3 is 0 Å². The lowest BCUT2D eigenvalue weighted by molar-refractivity contribution is 0.373. The van der Waals surface area contributed by atoms with Crippen molar-refractivity contribution in [1.82, 2.24) is 10.1 Å². The Morgan fingerprint density at radius 3 is 2.75 bits per heavy atom. The van der Waals surface area contributed by atoms with E-state index in [-0.39, 0.29) is 0 Å². The summed E-state index contributed by atoms with van der Waals surface area (Å²) in [5.41, 5.74) is 2.33. The number of hydrogen-bond acceptors (Lipinski definition) is 4. The molecule has 1 fully saturated rings. The van der Waals surface area contributed by atoms with Gasteiger partial charge in [0.15, 0.2) is 5.82 Å². The molecule has 106 valence electrons. The molecule has 1 aliphatic carbocycles. The smallest absolute Gasteiger partial charge is 0.245 e. The van der Waals surface area contributed by atoms with Gasteiger partial charge in [-0.2, -0.15) is 4.98 Å². The Morgan fingerprint density at radius 1 is 1.25 bits per heavy atom. The molecule has 4 heteroatoms. The van der Waals surface area contributed by atoms with Gasteiger partial charge in [0.1, 0.15) is 0 Å². The summed E-state index contributed by atoms with van der Waals surface area (Å²) in [7, 11) is 0. The number of nitrogens with one attached hydrogen (secondary N) is 1. The van der Waals surface area contributed by atoms with Crippen molar-refractivity contribution in [1.29, 1.82) is 0 Å². The van der Waals surface area contributed by atoms with Crippen LogP contribution in [0.3, 0.4) is 0 Å². The van der Waals surface area contributed by atoms with Crippen molar-refractivity contribution in [3.63, 3.8) is 0 Å². The van der Waals surface area contributed by atoms with Crippen LogP contribution in [-0.4, -0.2) is 10.1 Å². The average molecular weight is 271 g/mol. The lowest BCUT2D eigenvalue weighted by atomic mass is 10.1. The van der Waals surface area contributed by atoms with E-state index in [0.717, 1.165) is 17.4 Å². The minimum atomic E-state index is 0.488. The van der Waals surface area contributed by atoms with Crippen LogP contribution < -0.4 is 5.32 Å². The zero-order valence-corrected chi connectivity index (χ0v) is 12.1. The topological polar surface area (TPSA) is 51.0 Å². The van der Waals surface area contributed by atoms with Crippen molar-refractivity contribution in [3.8, 4) is 0 Å². The Labute approximate surface area is 119 Å². The van der Waals surface area contributed by atoms with E-state index in [4.69, 9.17) is 4.52 Å². The molecule has 1 heterocycles. The summed E-state index contributed by atoms with van der Waals surface area (Å²) in [6, 6.07) is 8.29. The van der Waals surface area contributed by atoms with Crippen LogP contribution in [0, 0.1) is 12.8 Å². The maximum absolute atomic E-state index is 5.33. The first kappa shape index (κ1) is 13.2. The van der Waals surface area contributed by atoms with E-state index in [9.17, 15) is 0 Å². The first-order valence-electron chi connectivity index (χ1n) is 7.34. The van der Waals surface area contributed by atoms with Gasteiger partial charge < -0.3 is 9.84 Å². The molecule has 1 saturated carbocycles. The summed E-state index contributed by atoms with van der Waals surface area (Å²) in [6.45, 7) is 4.95. The quantitative estimate of drug-likeness (QED) is 0.916. The molecule has 20 heavy (non-hydrogen) atoms. The van der Waals surface area contributed by atoms with Gasteiger partial charge in [0.25, 0.3) is 0 Å². The second kappa shape index (κ2) is 5.65. The van der Waals surface area contributed by atoms with Crippen LogP contribution in [0.1, 0.15) is 49.4 Å². The third kappa shape index (κ3) is 3.00. The molecule has 0 aliphatic heterocycles. The Morgan fingerprint density at radius 2 is 2.05 bits per heavy atom. The predicted octanol–water partition coefficient (Wildman–Crippen LogP) is 3.89. The second-order valence-electron chi connectivity index (χ2n) is 5.88. The molecule has 1 aliphatic rings. The maximum Gasteiger partial charge on any atom is 0.245 e. The summed E-state index contributed by atoms with van der Waals surface area (Å²) in [4.78, 5) is 4.52. The molecule has 1 N–H and O–H groups in total. The van der Waals surface area contributed by atoms with Crippen molar-refractivity contribution >= 4 is 5.69 Å². The standard InChI is InChI=1S/C16H21N3O/c1-11-4-7-14(8-5-11)17-10-15-18-16(19-20-15)13-6-3-12(2)9-13/h4-5,7-8,12-13,17H,3,6,9-10H2,1-2H3. The van der Waals surface area contributed by atoms with E-state index in [2.05, 4.69) is 53.6 Å². The fourth-order valence-electron chi connectivity index (χ4n) is 2.80. The normalized spacial score (nSPS) is 22.1. The highest BCUT2D eigenvalue weighted by Gasteiger charge is 2.26. The Bertz CT molecular complexity index is 561. The molecule has 0 amide bonds. The molecular weight excluding hydrogens is 250 g/mol. The monoisotopic (exact) mass is 271 g/mol. The molecule has 1 aromatic carbocycles. The highest BCUT2D eigenvalue weighted by molar-refractivity contribution is 5.44. The van der Waals surface area contributed by atoms with Crippen LogP contribution in [0.25, 0.3) is 0 Å². The van der Waals surface area contributed by atoms with Gasteiger partial charge in [0, 0.05) is 11.6 Å². The van der Waals surface area contributed by atoms with Gasteiger partial charge in [-0.05, 0) is 44.2 Å². The number of aryl methyl sites for hydroxylation is 1. The number of aromatic nitrogens is 2. The van der Waals surface area contributed by atoms with Crippen LogP contribution in [0.15, 0.2) is 28.8 Å². The number of anilines is 1. The molecule has 3 rings (SSSR count). The molecule has 2 unspecified atom stereocenters. The largest absolute Gasteiger partial charge is 0.376 e. The summed E-state index contributed by atoms with van der Waals surface area (Å²) in [6.07, 6.45) is 3.64. The number of nitrogens with zero attached hydrogens (tertiary/aromatic N) is 2. The third-order valence-electron chi connectivity index (χ3n) is 4.04. The Balaban J connectivity index is 1.58. The maximum atomic E-state index is 5.33. The fraction of sp³-hybridized carbons (Fsp3) is 0.500. The summed E-state index contributed by atoms with van der Waals surface area (Å²) in [5, 5.41) is 7.44. The number of hydrogen-bond donors (Lipinski definition) is 1. The van der Waals surface area contributed by atoms with E-state index in [0.29, 0.717) is 18.4 Å². The Kier molecular flexibility index (Phi) is 3.72. The van der Waals surface area contributed by atoms with Gasteiger partial charge in [-0.1, -0.05) is 29.8 Å². The van der Waals surface area contributed by atoms with Crippen molar-refractivity contribution in [3.05, 3.63) is 41.5 Å². The van der Waals surface area contributed by atoms with Gasteiger partial charge in [0.2, 0.25) is 5.89 Å². The molecule has 0 bridgehead atoms. The van der Waals surface area contributed by atoms with Gasteiger partial charge in [-0.15, -0.1) is 0 Å². The van der Waals surface area contributed by atoms with Gasteiger partial charge in [-0.25, -0.2) is 0 Å². The Hall–Kier alpha value is -1.84. The summed E-state index contributed by atoms with van der Waals surface area (Å²) >= 11 is 0. The summed E-state index contributed by atoms with van der Waals surface area (Å²) < 4.78 is 5.33. The van der Waals surface area contributed by atoms with Crippen LogP contribution >= 0.6 is 0 Å². The molecule has 2 aromatic rings. The predicted molar refractivity (Wildman–Crippen MR) is 78.6 cm³/mol. The SMILES string of the molecule is Cc1ccc(NCc2nc(C3CCC(C)C3)no2)cc1. The van der Waals surface area contributed by atoms with E-state index < -0.39 is 0 Å². The third-order valence-corrected chi connectivity index (χ3v) is 4.04. The van der Waals surface area contributed by atoms with Crippen LogP contribution in [0.2, 0.25) is 0 Å². The first-order chi connectivity index (χ1) is 9.70. The molecule has 4 nitrogen and oxygen atoms in total. The first-order valence-corrected chi connectivity index (χ1v) is 7.34. The highest BCUT2D eigenvalue weighted by atomic mass is 16.5. The van der Waals surface area contributed by atoms with Gasteiger partial charge in [0.05, 0.1) is 6.54 Å². The van der Waals surface area contributed by atoms with Crippen molar-refractivity contribution in [2.75, 3.05) is 5.32 Å². The fourth-order valence-corrected chi connectivity index (χ4v) is 2.80. The van der Waals surface area contributed by atoms with Gasteiger partial charge in [-0.3, -0.25) is 0 Å². The van der Waals surface area contributed by atoms with Crippen molar-refractivity contribution < 1.29 is 4.52 Å². The lowest BCUT2D eigenvalue weighted by Gasteiger charge is -2.03. The molecule has 0 radical (unpaired) electrons. The van der Waals surface area contributed by atoms with Crippen LogP contribution in [0.5, 0.6) is 0 Å². The van der Waals surface area contributed by atoms with Crippen LogP contribution in [-0.2, 0) is 6.54 Å². The minimum Gasteiger partial charge on any atom is -0.376 e. The van der Waals surface area contributed by atoms with E-state index >= 15 is 0 Å². The molecule has 1 aromatic heterocycles. The zero-order valence-electron chi connectivity index (χ0n) is 12.1. The zero-order chi connectivity index (χ0) is 13.9.